The molecule has 22 heavy (non-hydrogen) atoms. The fourth-order valence-corrected chi connectivity index (χ4v) is 1.76. The number of aryl methyl sites for hydroxylation is 1. The van der Waals surface area contributed by atoms with Crippen LogP contribution < -0.4 is 5.32 Å². The lowest BCUT2D eigenvalue weighted by Gasteiger charge is -2.07. The Kier molecular flexibility index (Phi) is 4.83. The van der Waals surface area contributed by atoms with Crippen LogP contribution in [0.3, 0.4) is 0 Å². The Balaban J connectivity index is 1.91. The van der Waals surface area contributed by atoms with Gasteiger partial charge in [-0.25, -0.2) is 13.6 Å². The molecule has 0 saturated heterocycles. The second-order valence-corrected chi connectivity index (χ2v) is 4.62. The molecular formula is C16H13F2NO3. The Labute approximate surface area is 125 Å². The molecule has 114 valence electrons. The van der Waals surface area contributed by atoms with Crippen molar-refractivity contribution in [2.45, 2.75) is 6.92 Å². The van der Waals surface area contributed by atoms with Gasteiger partial charge in [0.15, 0.2) is 6.61 Å². The van der Waals surface area contributed by atoms with E-state index < -0.39 is 30.1 Å². The fourth-order valence-electron chi connectivity index (χ4n) is 1.76. The normalized spacial score (nSPS) is 10.1. The summed E-state index contributed by atoms with van der Waals surface area (Å²) in [7, 11) is 0. The Hall–Kier alpha value is -2.76. The van der Waals surface area contributed by atoms with E-state index in [-0.39, 0.29) is 5.69 Å². The number of ether oxygens (including phenoxy) is 1. The highest BCUT2D eigenvalue weighted by atomic mass is 19.1. The predicted octanol–water partition coefficient (Wildman–Crippen LogP) is 3.07. The van der Waals surface area contributed by atoms with Crippen molar-refractivity contribution < 1.29 is 23.1 Å². The van der Waals surface area contributed by atoms with E-state index in [1.165, 1.54) is 0 Å². The average Bonchev–Trinajstić information content (AvgIpc) is 2.47. The molecular weight excluding hydrogens is 292 g/mol. The number of carbonyl (C=O) groups is 2. The maximum absolute atomic E-state index is 13.4. The maximum Gasteiger partial charge on any atom is 0.338 e. The fraction of sp³-hybridized carbons (Fsp3) is 0.125. The highest BCUT2D eigenvalue weighted by Gasteiger charge is 2.12. The first-order valence-electron chi connectivity index (χ1n) is 6.44. The molecule has 0 heterocycles. The molecule has 0 radical (unpaired) electrons. The largest absolute Gasteiger partial charge is 0.452 e. The monoisotopic (exact) mass is 305 g/mol. The highest BCUT2D eigenvalue weighted by molar-refractivity contribution is 5.95. The van der Waals surface area contributed by atoms with Gasteiger partial charge in [0.25, 0.3) is 5.91 Å². The van der Waals surface area contributed by atoms with E-state index in [2.05, 4.69) is 5.32 Å². The number of rotatable bonds is 4. The maximum atomic E-state index is 13.4. The summed E-state index contributed by atoms with van der Waals surface area (Å²) in [6, 6.07) is 9.45. The molecule has 0 unspecified atom stereocenters. The summed E-state index contributed by atoms with van der Waals surface area (Å²) in [5, 5.41) is 2.20. The smallest absolute Gasteiger partial charge is 0.338 e. The van der Waals surface area contributed by atoms with E-state index in [9.17, 15) is 18.4 Å². The van der Waals surface area contributed by atoms with Crippen LogP contribution in [0.4, 0.5) is 14.5 Å². The van der Waals surface area contributed by atoms with Gasteiger partial charge < -0.3 is 10.1 Å². The second kappa shape index (κ2) is 6.80. The predicted molar refractivity (Wildman–Crippen MR) is 76.4 cm³/mol. The number of anilines is 1. The summed E-state index contributed by atoms with van der Waals surface area (Å²) in [6.45, 7) is 1.25. The first kappa shape index (κ1) is 15.6. The molecule has 2 aromatic carbocycles. The number of amides is 1. The quantitative estimate of drug-likeness (QED) is 0.883. The first-order valence-corrected chi connectivity index (χ1v) is 6.44. The lowest BCUT2D eigenvalue weighted by atomic mass is 10.1. The van der Waals surface area contributed by atoms with E-state index in [1.807, 2.05) is 13.0 Å². The van der Waals surface area contributed by atoms with Crippen molar-refractivity contribution in [3.8, 4) is 0 Å². The Bertz CT molecular complexity index is 716. The van der Waals surface area contributed by atoms with Gasteiger partial charge in [0.1, 0.15) is 11.6 Å². The van der Waals surface area contributed by atoms with E-state index in [4.69, 9.17) is 4.74 Å². The molecule has 6 heteroatoms. The molecule has 0 saturated carbocycles. The van der Waals surface area contributed by atoms with Gasteiger partial charge in [0.05, 0.1) is 11.3 Å². The molecule has 0 aromatic heterocycles. The summed E-state index contributed by atoms with van der Waals surface area (Å²) < 4.78 is 30.9. The molecule has 0 aliphatic rings. The summed E-state index contributed by atoms with van der Waals surface area (Å²) in [4.78, 5) is 23.3. The summed E-state index contributed by atoms with van der Waals surface area (Å²) in [5.74, 6) is -3.02. The molecule has 0 atom stereocenters. The van der Waals surface area contributed by atoms with Gasteiger partial charge in [-0.05, 0) is 31.2 Å². The number of nitrogens with one attached hydrogen (secondary N) is 1. The molecule has 0 fully saturated rings. The third kappa shape index (κ3) is 4.12. The van der Waals surface area contributed by atoms with Gasteiger partial charge in [-0.3, -0.25) is 4.79 Å². The summed E-state index contributed by atoms with van der Waals surface area (Å²) >= 11 is 0. The zero-order chi connectivity index (χ0) is 16.1. The molecule has 1 N–H and O–H groups in total. The molecule has 0 aliphatic carbocycles. The third-order valence-corrected chi connectivity index (χ3v) is 2.79. The Morgan fingerprint density at radius 1 is 1.14 bits per heavy atom. The van der Waals surface area contributed by atoms with Crippen molar-refractivity contribution in [3.63, 3.8) is 0 Å². The third-order valence-electron chi connectivity index (χ3n) is 2.79. The number of carbonyl (C=O) groups excluding carboxylic acids is 2. The van der Waals surface area contributed by atoms with Gasteiger partial charge in [-0.15, -0.1) is 0 Å². The second-order valence-electron chi connectivity index (χ2n) is 4.62. The molecule has 2 rings (SSSR count). The van der Waals surface area contributed by atoms with Gasteiger partial charge in [-0.1, -0.05) is 17.7 Å². The van der Waals surface area contributed by atoms with Crippen molar-refractivity contribution in [3.05, 3.63) is 65.2 Å². The number of hydrogen-bond donors (Lipinski definition) is 1. The van der Waals surface area contributed by atoms with Crippen LogP contribution in [0.15, 0.2) is 42.5 Å². The van der Waals surface area contributed by atoms with Crippen molar-refractivity contribution in [1.82, 2.24) is 0 Å². The molecule has 0 bridgehead atoms. The average molecular weight is 305 g/mol. The lowest BCUT2D eigenvalue weighted by Crippen LogP contribution is -2.21. The summed E-state index contributed by atoms with van der Waals surface area (Å²) in [5.41, 5.74) is 1.02. The van der Waals surface area contributed by atoms with Crippen LogP contribution in [0, 0.1) is 18.6 Å². The topological polar surface area (TPSA) is 55.4 Å². The molecule has 0 spiro atoms. The van der Waals surface area contributed by atoms with Gasteiger partial charge >= 0.3 is 5.97 Å². The lowest BCUT2D eigenvalue weighted by molar-refractivity contribution is -0.119. The zero-order valence-corrected chi connectivity index (χ0v) is 11.7. The van der Waals surface area contributed by atoms with Crippen LogP contribution in [0.25, 0.3) is 0 Å². The van der Waals surface area contributed by atoms with Crippen molar-refractivity contribution in [2.24, 2.45) is 0 Å². The van der Waals surface area contributed by atoms with E-state index in [0.717, 1.165) is 17.7 Å². The van der Waals surface area contributed by atoms with E-state index in [0.29, 0.717) is 11.6 Å². The van der Waals surface area contributed by atoms with E-state index in [1.54, 1.807) is 18.2 Å². The van der Waals surface area contributed by atoms with Crippen LogP contribution >= 0.6 is 0 Å². The highest BCUT2D eigenvalue weighted by Crippen LogP contribution is 2.14. The van der Waals surface area contributed by atoms with Gasteiger partial charge in [0.2, 0.25) is 0 Å². The van der Waals surface area contributed by atoms with Crippen molar-refractivity contribution in [2.75, 3.05) is 11.9 Å². The standard InChI is InChI=1S/C16H13F2NO3/c1-10-3-2-4-11(7-10)16(21)22-9-15(20)19-14-6-5-12(17)8-13(14)18/h2-8H,9H2,1H3,(H,19,20). The molecule has 2 aromatic rings. The molecule has 0 aliphatic heterocycles. The van der Waals surface area contributed by atoms with Crippen molar-refractivity contribution in [1.29, 1.82) is 0 Å². The van der Waals surface area contributed by atoms with Gasteiger partial charge in [-0.2, -0.15) is 0 Å². The Morgan fingerprint density at radius 3 is 2.59 bits per heavy atom. The minimum atomic E-state index is -0.904. The Morgan fingerprint density at radius 2 is 1.91 bits per heavy atom. The number of halogens is 2. The van der Waals surface area contributed by atoms with Crippen LogP contribution in [0.1, 0.15) is 15.9 Å². The van der Waals surface area contributed by atoms with Crippen molar-refractivity contribution >= 4 is 17.6 Å². The SMILES string of the molecule is Cc1cccc(C(=O)OCC(=O)Nc2ccc(F)cc2F)c1. The van der Waals surface area contributed by atoms with Gasteiger partial charge in [0, 0.05) is 6.07 Å². The minimum Gasteiger partial charge on any atom is -0.452 e. The van der Waals surface area contributed by atoms with Crippen LogP contribution in [-0.2, 0) is 9.53 Å². The number of hydrogen-bond acceptors (Lipinski definition) is 3. The molecule has 4 nitrogen and oxygen atoms in total. The van der Waals surface area contributed by atoms with E-state index >= 15 is 0 Å². The summed E-state index contributed by atoms with van der Waals surface area (Å²) in [6.07, 6.45) is 0. The minimum absolute atomic E-state index is 0.182. The zero-order valence-electron chi connectivity index (χ0n) is 11.7. The van der Waals surface area contributed by atoms with Crippen LogP contribution in [-0.4, -0.2) is 18.5 Å². The van der Waals surface area contributed by atoms with Crippen LogP contribution in [0.2, 0.25) is 0 Å². The number of benzene rings is 2. The molecule has 1 amide bonds. The van der Waals surface area contributed by atoms with Crippen LogP contribution in [0.5, 0.6) is 0 Å². The first-order chi connectivity index (χ1) is 10.5. The number of esters is 1.